The highest BCUT2D eigenvalue weighted by atomic mass is 19.1. The van der Waals surface area contributed by atoms with Crippen molar-refractivity contribution < 1.29 is 23.5 Å². The fraction of sp³-hybridized carbons (Fsp3) is 0.182. The van der Waals surface area contributed by atoms with E-state index in [0.29, 0.717) is 22.7 Å². The molecule has 3 aromatic rings. The first kappa shape index (κ1) is 21.7. The number of hydrogen-bond donors (Lipinski definition) is 1. The molecule has 1 aromatic heterocycles. The lowest BCUT2D eigenvalue weighted by Crippen LogP contribution is -2.19. The van der Waals surface area contributed by atoms with E-state index in [-0.39, 0.29) is 22.4 Å². The van der Waals surface area contributed by atoms with Gasteiger partial charge >= 0.3 is 11.9 Å². The Kier molecular flexibility index (Phi) is 6.15. The Bertz CT molecular complexity index is 1200. The number of H-pyrrole nitrogens is 1. The third kappa shape index (κ3) is 4.45. The third-order valence-corrected chi connectivity index (χ3v) is 4.57. The molecule has 8 nitrogen and oxygen atoms in total. The number of aryl methyl sites for hydroxylation is 1. The summed E-state index contributed by atoms with van der Waals surface area (Å²) in [5.41, 5.74) is 1.82. The largest absolute Gasteiger partial charge is 0.465 e. The lowest BCUT2D eigenvalue weighted by atomic mass is 10.1. The van der Waals surface area contributed by atoms with Crippen LogP contribution in [0.4, 0.5) is 10.1 Å². The number of rotatable bonds is 5. The maximum absolute atomic E-state index is 13.2. The maximum Gasteiger partial charge on any atom is 0.337 e. The van der Waals surface area contributed by atoms with Gasteiger partial charge in [-0.1, -0.05) is 0 Å². The smallest absolute Gasteiger partial charge is 0.337 e. The number of hydrogen-bond acceptors (Lipinski definition) is 6. The number of halogens is 1. The molecule has 0 aliphatic heterocycles. The Morgan fingerprint density at radius 2 is 1.55 bits per heavy atom. The number of aromatic amines is 1. The molecule has 0 aliphatic carbocycles. The SMILES string of the molecule is COC(=O)c1cc(N=C(C)c2c(C)[nH]n(-c3ccc(F)cc3)c2=O)cc(C(=O)OC)c1. The van der Waals surface area contributed by atoms with Crippen molar-refractivity contribution >= 4 is 23.3 Å². The molecule has 9 heteroatoms. The number of carbonyl (C=O) groups is 2. The zero-order chi connectivity index (χ0) is 22.7. The Morgan fingerprint density at radius 1 is 1.00 bits per heavy atom. The van der Waals surface area contributed by atoms with Crippen molar-refractivity contribution in [2.24, 2.45) is 4.99 Å². The third-order valence-electron chi connectivity index (χ3n) is 4.57. The molecular weight excluding hydrogens is 405 g/mol. The fourth-order valence-electron chi connectivity index (χ4n) is 3.14. The molecule has 3 rings (SSSR count). The minimum Gasteiger partial charge on any atom is -0.465 e. The predicted octanol–water partition coefficient (Wildman–Crippen LogP) is 3.33. The topological polar surface area (TPSA) is 103 Å². The van der Waals surface area contributed by atoms with Gasteiger partial charge in [-0.25, -0.2) is 18.7 Å². The molecular formula is C22H20FN3O5. The maximum atomic E-state index is 13.2. The molecule has 0 amide bonds. The normalized spacial score (nSPS) is 11.3. The van der Waals surface area contributed by atoms with Crippen LogP contribution in [0.3, 0.4) is 0 Å². The minimum absolute atomic E-state index is 0.117. The summed E-state index contributed by atoms with van der Waals surface area (Å²) in [5.74, 6) is -1.70. The van der Waals surface area contributed by atoms with Crippen LogP contribution in [0.1, 0.15) is 38.9 Å². The molecule has 0 saturated heterocycles. The molecule has 1 N–H and O–H groups in total. The second-order valence-corrected chi connectivity index (χ2v) is 6.68. The Hall–Kier alpha value is -4.01. The highest BCUT2D eigenvalue weighted by molar-refractivity contribution is 6.02. The van der Waals surface area contributed by atoms with E-state index < -0.39 is 17.8 Å². The van der Waals surface area contributed by atoms with E-state index >= 15 is 0 Å². The molecule has 0 unspecified atom stereocenters. The number of aromatic nitrogens is 2. The molecule has 1 heterocycles. The van der Waals surface area contributed by atoms with Gasteiger partial charge in [0.15, 0.2) is 0 Å². The lowest BCUT2D eigenvalue weighted by molar-refractivity contribution is 0.0599. The second-order valence-electron chi connectivity index (χ2n) is 6.68. The number of esters is 2. The van der Waals surface area contributed by atoms with E-state index in [1.165, 1.54) is 61.4 Å². The van der Waals surface area contributed by atoms with Gasteiger partial charge in [-0.15, -0.1) is 0 Å². The van der Waals surface area contributed by atoms with Crippen molar-refractivity contribution in [2.45, 2.75) is 13.8 Å². The van der Waals surface area contributed by atoms with Gasteiger partial charge in [-0.3, -0.25) is 14.9 Å². The van der Waals surface area contributed by atoms with Crippen molar-refractivity contribution in [2.75, 3.05) is 14.2 Å². The summed E-state index contributed by atoms with van der Waals surface area (Å²) in [6, 6.07) is 9.70. The van der Waals surface area contributed by atoms with Crippen molar-refractivity contribution in [1.82, 2.24) is 9.78 Å². The molecule has 0 bridgehead atoms. The van der Waals surface area contributed by atoms with Gasteiger partial charge in [0, 0.05) is 5.69 Å². The molecule has 31 heavy (non-hydrogen) atoms. The minimum atomic E-state index is -0.642. The quantitative estimate of drug-likeness (QED) is 0.499. The number of benzene rings is 2. The average Bonchev–Trinajstić information content (AvgIpc) is 3.06. The van der Waals surface area contributed by atoms with Crippen LogP contribution in [0.5, 0.6) is 0 Å². The van der Waals surface area contributed by atoms with Gasteiger partial charge in [-0.2, -0.15) is 0 Å². The first-order valence-corrected chi connectivity index (χ1v) is 9.20. The van der Waals surface area contributed by atoms with Crippen LogP contribution in [-0.2, 0) is 9.47 Å². The summed E-state index contributed by atoms with van der Waals surface area (Å²) in [6.07, 6.45) is 0. The molecule has 0 spiro atoms. The second kappa shape index (κ2) is 8.78. The summed E-state index contributed by atoms with van der Waals surface area (Å²) in [5, 5.41) is 2.95. The highest BCUT2D eigenvalue weighted by Crippen LogP contribution is 2.21. The van der Waals surface area contributed by atoms with Gasteiger partial charge in [0.2, 0.25) is 0 Å². The first-order chi connectivity index (χ1) is 14.7. The summed E-state index contributed by atoms with van der Waals surface area (Å²) < 4.78 is 23.9. The van der Waals surface area contributed by atoms with Crippen molar-refractivity contribution in [3.05, 3.63) is 81.0 Å². The standard InChI is InChI=1S/C22H20FN3O5/c1-12(19-13(2)25-26(20(19)27)18-7-5-16(23)6-8-18)24-17-10-14(21(28)30-3)9-15(11-17)22(29)31-4/h5-11,25H,1-4H3. The van der Waals surface area contributed by atoms with Crippen LogP contribution in [0.15, 0.2) is 52.3 Å². The van der Waals surface area contributed by atoms with Crippen molar-refractivity contribution in [1.29, 1.82) is 0 Å². The van der Waals surface area contributed by atoms with E-state index in [4.69, 9.17) is 9.47 Å². The molecule has 0 saturated carbocycles. The van der Waals surface area contributed by atoms with Gasteiger partial charge < -0.3 is 9.47 Å². The van der Waals surface area contributed by atoms with Gasteiger partial charge in [0.25, 0.3) is 5.56 Å². The number of ether oxygens (including phenoxy) is 2. The number of carbonyl (C=O) groups excluding carboxylic acids is 2. The zero-order valence-corrected chi connectivity index (χ0v) is 17.4. The van der Waals surface area contributed by atoms with E-state index in [0.717, 1.165) is 0 Å². The van der Waals surface area contributed by atoms with Gasteiger partial charge in [0.05, 0.1) is 48.0 Å². The highest BCUT2D eigenvalue weighted by Gasteiger charge is 2.17. The number of aliphatic imine (C=N–C) groups is 1. The molecule has 0 fully saturated rings. The van der Waals surface area contributed by atoms with Crippen LogP contribution >= 0.6 is 0 Å². The Balaban J connectivity index is 2.09. The van der Waals surface area contributed by atoms with E-state index in [1.54, 1.807) is 13.8 Å². The van der Waals surface area contributed by atoms with E-state index in [9.17, 15) is 18.8 Å². The molecule has 160 valence electrons. The molecule has 0 atom stereocenters. The summed E-state index contributed by atoms with van der Waals surface area (Å²) in [7, 11) is 2.45. The lowest BCUT2D eigenvalue weighted by Gasteiger charge is -2.06. The Labute approximate surface area is 176 Å². The van der Waals surface area contributed by atoms with Crippen LogP contribution in [-0.4, -0.2) is 41.7 Å². The number of nitrogens with zero attached hydrogens (tertiary/aromatic N) is 2. The monoisotopic (exact) mass is 425 g/mol. The van der Waals surface area contributed by atoms with E-state index in [2.05, 4.69) is 10.1 Å². The van der Waals surface area contributed by atoms with Crippen LogP contribution in [0.2, 0.25) is 0 Å². The van der Waals surface area contributed by atoms with Crippen LogP contribution in [0, 0.1) is 12.7 Å². The van der Waals surface area contributed by atoms with Gasteiger partial charge in [-0.05, 0) is 56.3 Å². The summed E-state index contributed by atoms with van der Waals surface area (Å²) in [6.45, 7) is 3.34. The number of methoxy groups -OCH3 is 2. The predicted molar refractivity (Wildman–Crippen MR) is 112 cm³/mol. The molecule has 0 radical (unpaired) electrons. The van der Waals surface area contributed by atoms with Gasteiger partial charge in [0.1, 0.15) is 5.82 Å². The average molecular weight is 425 g/mol. The van der Waals surface area contributed by atoms with Crippen LogP contribution < -0.4 is 5.56 Å². The van der Waals surface area contributed by atoms with Crippen molar-refractivity contribution in [3.63, 3.8) is 0 Å². The van der Waals surface area contributed by atoms with E-state index in [1.807, 2.05) is 0 Å². The summed E-state index contributed by atoms with van der Waals surface area (Å²) >= 11 is 0. The number of nitrogens with one attached hydrogen (secondary N) is 1. The first-order valence-electron chi connectivity index (χ1n) is 9.20. The molecule has 2 aromatic carbocycles. The zero-order valence-electron chi connectivity index (χ0n) is 17.4. The van der Waals surface area contributed by atoms with Crippen LogP contribution in [0.25, 0.3) is 5.69 Å². The molecule has 0 aliphatic rings. The fourth-order valence-corrected chi connectivity index (χ4v) is 3.14. The summed E-state index contributed by atoms with van der Waals surface area (Å²) in [4.78, 5) is 41.3. The Morgan fingerprint density at radius 3 is 2.06 bits per heavy atom. The van der Waals surface area contributed by atoms with Crippen molar-refractivity contribution in [3.8, 4) is 5.69 Å².